The van der Waals surface area contributed by atoms with Gasteiger partial charge in [-0.3, -0.25) is 9.78 Å². The third-order valence-electron chi connectivity index (χ3n) is 4.84. The van der Waals surface area contributed by atoms with Crippen LogP contribution in [0.1, 0.15) is 5.56 Å². The number of ether oxygens (including phenoxy) is 2. The summed E-state index contributed by atoms with van der Waals surface area (Å²) in [5, 5.41) is 4.72. The zero-order valence-electron chi connectivity index (χ0n) is 16.8. The van der Waals surface area contributed by atoms with Crippen molar-refractivity contribution in [3.63, 3.8) is 0 Å². The molecule has 30 heavy (non-hydrogen) atoms. The van der Waals surface area contributed by atoms with E-state index in [0.29, 0.717) is 6.54 Å². The molecule has 0 radical (unpaired) electrons. The summed E-state index contributed by atoms with van der Waals surface area (Å²) in [6.45, 7) is 0.364. The fourth-order valence-electron chi connectivity index (χ4n) is 3.22. The molecule has 0 amide bonds. The van der Waals surface area contributed by atoms with Crippen LogP contribution in [0.25, 0.3) is 22.4 Å². The molecule has 6 nitrogen and oxygen atoms in total. The molecular weight excluding hydrogens is 378 g/mol. The number of methoxy groups -OCH3 is 2. The Morgan fingerprint density at radius 3 is 2.00 bits per heavy atom. The SMILES string of the molecule is COc1ccc(Cn2nc(-c3ccc(OC)cc3)c(-c3ccncc3)cc2=O)cc1. The first-order valence-electron chi connectivity index (χ1n) is 9.48. The van der Waals surface area contributed by atoms with Gasteiger partial charge >= 0.3 is 0 Å². The summed E-state index contributed by atoms with van der Waals surface area (Å²) < 4.78 is 11.9. The van der Waals surface area contributed by atoms with E-state index in [1.165, 1.54) is 4.68 Å². The molecule has 0 atom stereocenters. The van der Waals surface area contributed by atoms with Crippen LogP contribution in [0.3, 0.4) is 0 Å². The average molecular weight is 399 g/mol. The van der Waals surface area contributed by atoms with Gasteiger partial charge in [-0.05, 0) is 59.7 Å². The summed E-state index contributed by atoms with van der Waals surface area (Å²) in [6.07, 6.45) is 3.41. The highest BCUT2D eigenvalue weighted by molar-refractivity contribution is 5.80. The number of nitrogens with zero attached hydrogens (tertiary/aromatic N) is 3. The minimum Gasteiger partial charge on any atom is -0.497 e. The van der Waals surface area contributed by atoms with Gasteiger partial charge in [-0.25, -0.2) is 4.68 Å². The molecule has 2 aromatic heterocycles. The van der Waals surface area contributed by atoms with Crippen LogP contribution in [0.2, 0.25) is 0 Å². The Morgan fingerprint density at radius 2 is 1.40 bits per heavy atom. The largest absolute Gasteiger partial charge is 0.497 e. The quantitative estimate of drug-likeness (QED) is 0.490. The van der Waals surface area contributed by atoms with Gasteiger partial charge in [0.1, 0.15) is 11.5 Å². The molecule has 0 unspecified atom stereocenters. The summed E-state index contributed by atoms with van der Waals surface area (Å²) in [5.74, 6) is 1.53. The van der Waals surface area contributed by atoms with E-state index in [2.05, 4.69) is 4.98 Å². The molecule has 0 aliphatic carbocycles. The third kappa shape index (κ3) is 4.07. The first-order valence-corrected chi connectivity index (χ1v) is 9.48. The molecule has 4 aromatic rings. The normalized spacial score (nSPS) is 10.6. The standard InChI is InChI=1S/C24H21N3O3/c1-29-20-7-3-17(4-8-20)16-27-23(28)15-22(18-11-13-25-14-12-18)24(26-27)19-5-9-21(30-2)10-6-19/h3-15H,16H2,1-2H3. The molecule has 0 N–H and O–H groups in total. The van der Waals surface area contributed by atoms with Crippen LogP contribution in [0, 0.1) is 0 Å². The first-order chi connectivity index (χ1) is 14.7. The molecular formula is C24H21N3O3. The highest BCUT2D eigenvalue weighted by Crippen LogP contribution is 2.30. The highest BCUT2D eigenvalue weighted by Gasteiger charge is 2.14. The molecule has 2 aromatic carbocycles. The molecule has 2 heterocycles. The number of aromatic nitrogens is 3. The lowest BCUT2D eigenvalue weighted by Gasteiger charge is -2.13. The van der Waals surface area contributed by atoms with Gasteiger partial charge in [0.05, 0.1) is 26.5 Å². The molecule has 4 rings (SSSR count). The van der Waals surface area contributed by atoms with E-state index >= 15 is 0 Å². The zero-order valence-corrected chi connectivity index (χ0v) is 16.8. The van der Waals surface area contributed by atoms with Gasteiger partial charge in [-0.1, -0.05) is 12.1 Å². The van der Waals surface area contributed by atoms with Crippen molar-refractivity contribution in [2.75, 3.05) is 14.2 Å². The van der Waals surface area contributed by atoms with Crippen LogP contribution in [0.5, 0.6) is 11.5 Å². The van der Waals surface area contributed by atoms with Crippen LogP contribution in [-0.2, 0) is 6.54 Å². The van der Waals surface area contributed by atoms with Crippen molar-refractivity contribution in [1.29, 1.82) is 0 Å². The molecule has 150 valence electrons. The zero-order chi connectivity index (χ0) is 20.9. The molecule has 6 heteroatoms. The fourth-order valence-corrected chi connectivity index (χ4v) is 3.22. The van der Waals surface area contributed by atoms with Crippen LogP contribution in [0.4, 0.5) is 0 Å². The maximum atomic E-state index is 12.9. The Balaban J connectivity index is 1.81. The summed E-state index contributed by atoms with van der Waals surface area (Å²) in [7, 11) is 3.25. The van der Waals surface area contributed by atoms with Gasteiger partial charge in [0.25, 0.3) is 5.56 Å². The average Bonchev–Trinajstić information content (AvgIpc) is 2.81. The maximum Gasteiger partial charge on any atom is 0.267 e. The predicted molar refractivity (Wildman–Crippen MR) is 116 cm³/mol. The second-order valence-electron chi connectivity index (χ2n) is 6.71. The van der Waals surface area contributed by atoms with Crippen molar-refractivity contribution in [3.8, 4) is 33.9 Å². The van der Waals surface area contributed by atoms with E-state index in [0.717, 1.165) is 39.4 Å². The lowest BCUT2D eigenvalue weighted by atomic mass is 10.0. The smallest absolute Gasteiger partial charge is 0.267 e. The molecule has 0 saturated carbocycles. The van der Waals surface area contributed by atoms with Crippen molar-refractivity contribution in [2.45, 2.75) is 6.54 Å². The Labute approximate surface area is 174 Å². The topological polar surface area (TPSA) is 66.2 Å². The van der Waals surface area contributed by atoms with Gasteiger partial charge in [0.15, 0.2) is 0 Å². The number of hydrogen-bond donors (Lipinski definition) is 0. The fraction of sp³-hybridized carbons (Fsp3) is 0.125. The van der Waals surface area contributed by atoms with E-state index in [9.17, 15) is 4.79 Å². The lowest BCUT2D eigenvalue weighted by molar-refractivity contribution is 0.414. The molecule has 0 aliphatic heterocycles. The van der Waals surface area contributed by atoms with Crippen LogP contribution in [0.15, 0.2) is 83.9 Å². The number of benzene rings is 2. The highest BCUT2D eigenvalue weighted by atomic mass is 16.5. The number of hydrogen-bond acceptors (Lipinski definition) is 5. The Hall–Kier alpha value is -3.93. The van der Waals surface area contributed by atoms with Crippen LogP contribution >= 0.6 is 0 Å². The van der Waals surface area contributed by atoms with Crippen molar-refractivity contribution in [2.24, 2.45) is 0 Å². The monoisotopic (exact) mass is 399 g/mol. The van der Waals surface area contributed by atoms with Gasteiger partial charge in [-0.2, -0.15) is 5.10 Å². The van der Waals surface area contributed by atoms with Gasteiger partial charge < -0.3 is 9.47 Å². The summed E-state index contributed by atoms with van der Waals surface area (Å²) in [4.78, 5) is 16.9. The molecule has 0 fully saturated rings. The van der Waals surface area contributed by atoms with E-state index < -0.39 is 0 Å². The molecule has 0 aliphatic rings. The summed E-state index contributed by atoms with van der Waals surface area (Å²) in [5.41, 5.74) is 4.05. The Bertz CT molecular complexity index is 1190. The van der Waals surface area contributed by atoms with Crippen molar-refractivity contribution in [1.82, 2.24) is 14.8 Å². The van der Waals surface area contributed by atoms with Crippen molar-refractivity contribution >= 4 is 0 Å². The van der Waals surface area contributed by atoms with E-state index in [1.54, 1.807) is 32.7 Å². The van der Waals surface area contributed by atoms with Gasteiger partial charge in [-0.15, -0.1) is 0 Å². The minimum absolute atomic E-state index is 0.171. The van der Waals surface area contributed by atoms with Crippen molar-refractivity contribution in [3.05, 3.63) is 95.0 Å². The van der Waals surface area contributed by atoms with Crippen LogP contribution < -0.4 is 15.0 Å². The minimum atomic E-state index is -0.171. The third-order valence-corrected chi connectivity index (χ3v) is 4.84. The second kappa shape index (κ2) is 8.61. The Morgan fingerprint density at radius 1 is 0.800 bits per heavy atom. The molecule has 0 bridgehead atoms. The second-order valence-corrected chi connectivity index (χ2v) is 6.71. The van der Waals surface area contributed by atoms with Gasteiger partial charge in [0.2, 0.25) is 0 Å². The van der Waals surface area contributed by atoms with Gasteiger partial charge in [0, 0.05) is 29.6 Å². The van der Waals surface area contributed by atoms with Crippen LogP contribution in [-0.4, -0.2) is 29.0 Å². The maximum absolute atomic E-state index is 12.9. The van der Waals surface area contributed by atoms with E-state index in [4.69, 9.17) is 14.6 Å². The van der Waals surface area contributed by atoms with Crippen molar-refractivity contribution < 1.29 is 9.47 Å². The number of rotatable bonds is 6. The van der Waals surface area contributed by atoms with E-state index in [1.807, 2.05) is 60.7 Å². The first kappa shape index (κ1) is 19.4. The number of pyridine rings is 1. The predicted octanol–water partition coefficient (Wildman–Crippen LogP) is 4.04. The summed E-state index contributed by atoms with van der Waals surface area (Å²) >= 11 is 0. The Kier molecular flexibility index (Phi) is 5.57. The summed E-state index contributed by atoms with van der Waals surface area (Å²) in [6, 6.07) is 20.6. The molecule has 0 saturated heterocycles. The molecule has 0 spiro atoms. The lowest BCUT2D eigenvalue weighted by Crippen LogP contribution is -2.23. The van der Waals surface area contributed by atoms with E-state index in [-0.39, 0.29) is 5.56 Å².